The molecule has 2 aromatic rings. The van der Waals surface area contributed by atoms with Gasteiger partial charge in [-0.05, 0) is 26.2 Å². The first kappa shape index (κ1) is 16.0. The second-order valence-electron chi connectivity index (χ2n) is 4.92. The summed E-state index contributed by atoms with van der Waals surface area (Å²) in [7, 11) is 3.38. The number of aromatic amines is 1. The Morgan fingerprint density at radius 2 is 1.95 bits per heavy atom. The molecule has 2 N–H and O–H groups in total. The summed E-state index contributed by atoms with van der Waals surface area (Å²) in [4.78, 5) is 39.9. The summed E-state index contributed by atoms with van der Waals surface area (Å²) in [6, 6.07) is 6.35. The van der Waals surface area contributed by atoms with Gasteiger partial charge in [0.25, 0.3) is 5.56 Å². The van der Waals surface area contributed by atoms with E-state index in [1.54, 1.807) is 37.2 Å². The summed E-state index contributed by atoms with van der Waals surface area (Å²) in [5.74, 6) is -1.36. The number of nitrogens with one attached hydrogen (secondary N) is 1. The number of rotatable bonds is 4. The number of aromatic nitrogens is 2. The highest BCUT2D eigenvalue weighted by molar-refractivity contribution is 6.32. The number of hydrogen-bond acceptors (Lipinski definition) is 4. The highest BCUT2D eigenvalue weighted by Crippen LogP contribution is 2.17. The van der Waals surface area contributed by atoms with Crippen molar-refractivity contribution in [3.8, 4) is 5.69 Å². The Bertz CT molecular complexity index is 839. The maximum Gasteiger partial charge on any atom is 0.352 e. The van der Waals surface area contributed by atoms with Gasteiger partial charge in [-0.3, -0.25) is 4.79 Å². The minimum absolute atomic E-state index is 0.0166. The standard InChI is InChI=1S/C14H14ClN3O4/c1-17(2)7-8-11(13(20)21)16-14(22)18(12(8)19)10-6-4-3-5-9(10)15/h3-6H,7H2,1-2H3,(H,16,22)(H,20,21). The molecule has 0 saturated heterocycles. The first-order chi connectivity index (χ1) is 10.3. The molecule has 8 heteroatoms. The molecular formula is C14H14ClN3O4. The van der Waals surface area contributed by atoms with Crippen LogP contribution in [0, 0.1) is 0 Å². The van der Waals surface area contributed by atoms with Crippen molar-refractivity contribution in [3.63, 3.8) is 0 Å². The van der Waals surface area contributed by atoms with E-state index in [9.17, 15) is 19.5 Å². The Hall–Kier alpha value is -2.38. The van der Waals surface area contributed by atoms with E-state index >= 15 is 0 Å². The number of H-pyrrole nitrogens is 1. The van der Waals surface area contributed by atoms with Crippen LogP contribution >= 0.6 is 11.6 Å². The molecule has 1 aromatic heterocycles. The van der Waals surface area contributed by atoms with Gasteiger partial charge < -0.3 is 15.0 Å². The van der Waals surface area contributed by atoms with Gasteiger partial charge in [-0.2, -0.15) is 0 Å². The molecule has 0 bridgehead atoms. The lowest BCUT2D eigenvalue weighted by atomic mass is 10.2. The van der Waals surface area contributed by atoms with Crippen LogP contribution in [0.2, 0.25) is 5.02 Å². The molecule has 22 heavy (non-hydrogen) atoms. The van der Waals surface area contributed by atoms with Crippen LogP contribution in [0.4, 0.5) is 0 Å². The Balaban J connectivity index is 2.83. The molecule has 0 amide bonds. The molecule has 116 valence electrons. The largest absolute Gasteiger partial charge is 0.477 e. The second kappa shape index (κ2) is 6.17. The molecule has 0 radical (unpaired) electrons. The zero-order valence-electron chi connectivity index (χ0n) is 12.0. The molecule has 0 spiro atoms. The van der Waals surface area contributed by atoms with Gasteiger partial charge in [0.15, 0.2) is 0 Å². The van der Waals surface area contributed by atoms with Crippen molar-refractivity contribution in [2.75, 3.05) is 14.1 Å². The van der Waals surface area contributed by atoms with E-state index in [0.717, 1.165) is 4.57 Å². The third kappa shape index (κ3) is 2.95. The minimum atomic E-state index is -1.36. The van der Waals surface area contributed by atoms with Gasteiger partial charge in [0.1, 0.15) is 5.69 Å². The van der Waals surface area contributed by atoms with E-state index < -0.39 is 22.9 Å². The second-order valence-corrected chi connectivity index (χ2v) is 5.33. The Kier molecular flexibility index (Phi) is 4.48. The smallest absolute Gasteiger partial charge is 0.352 e. The Morgan fingerprint density at radius 3 is 2.50 bits per heavy atom. The molecule has 1 aromatic carbocycles. The normalized spacial score (nSPS) is 10.9. The fourth-order valence-corrected chi connectivity index (χ4v) is 2.29. The molecule has 1 heterocycles. The number of benzene rings is 1. The van der Waals surface area contributed by atoms with Crippen molar-refractivity contribution in [2.24, 2.45) is 0 Å². The number of carbonyl (C=O) groups is 1. The Labute approximate surface area is 130 Å². The summed E-state index contributed by atoms with van der Waals surface area (Å²) in [6.45, 7) is 0.0711. The summed E-state index contributed by atoms with van der Waals surface area (Å²) >= 11 is 6.02. The highest BCUT2D eigenvalue weighted by atomic mass is 35.5. The lowest BCUT2D eigenvalue weighted by Crippen LogP contribution is -2.40. The van der Waals surface area contributed by atoms with Gasteiger partial charge in [-0.25, -0.2) is 14.2 Å². The first-order valence-corrected chi connectivity index (χ1v) is 6.72. The lowest BCUT2D eigenvalue weighted by Gasteiger charge is -2.14. The first-order valence-electron chi connectivity index (χ1n) is 6.34. The van der Waals surface area contributed by atoms with E-state index in [2.05, 4.69) is 4.98 Å². The number of halogens is 1. The van der Waals surface area contributed by atoms with Gasteiger partial charge in [0, 0.05) is 6.54 Å². The highest BCUT2D eigenvalue weighted by Gasteiger charge is 2.20. The van der Waals surface area contributed by atoms with E-state index in [1.807, 2.05) is 0 Å². The molecule has 0 aliphatic carbocycles. The van der Waals surface area contributed by atoms with Gasteiger partial charge in [-0.1, -0.05) is 23.7 Å². The van der Waals surface area contributed by atoms with Crippen molar-refractivity contribution in [1.29, 1.82) is 0 Å². The monoisotopic (exact) mass is 323 g/mol. The van der Waals surface area contributed by atoms with Gasteiger partial charge in [-0.15, -0.1) is 0 Å². The van der Waals surface area contributed by atoms with Crippen LogP contribution in [0.25, 0.3) is 5.69 Å². The molecular weight excluding hydrogens is 310 g/mol. The summed E-state index contributed by atoms with van der Waals surface area (Å²) in [5, 5.41) is 9.40. The number of carboxylic acids is 1. The third-order valence-corrected chi connectivity index (χ3v) is 3.30. The minimum Gasteiger partial charge on any atom is -0.477 e. The maximum atomic E-state index is 12.6. The van der Waals surface area contributed by atoms with E-state index in [1.165, 1.54) is 6.07 Å². The van der Waals surface area contributed by atoms with Crippen molar-refractivity contribution in [2.45, 2.75) is 6.54 Å². The van der Waals surface area contributed by atoms with E-state index in [-0.39, 0.29) is 22.8 Å². The van der Waals surface area contributed by atoms with Crippen LogP contribution < -0.4 is 11.2 Å². The number of para-hydroxylation sites is 1. The van der Waals surface area contributed by atoms with Gasteiger partial charge >= 0.3 is 11.7 Å². The van der Waals surface area contributed by atoms with E-state index in [4.69, 9.17) is 11.6 Å². The third-order valence-electron chi connectivity index (χ3n) is 2.98. The molecule has 7 nitrogen and oxygen atoms in total. The van der Waals surface area contributed by atoms with Gasteiger partial charge in [0.2, 0.25) is 0 Å². The molecule has 0 aliphatic heterocycles. The predicted molar refractivity (Wildman–Crippen MR) is 82.0 cm³/mol. The van der Waals surface area contributed by atoms with Crippen molar-refractivity contribution in [1.82, 2.24) is 14.5 Å². The van der Waals surface area contributed by atoms with Crippen LogP contribution in [0.1, 0.15) is 16.1 Å². The van der Waals surface area contributed by atoms with E-state index in [0.29, 0.717) is 0 Å². The quantitative estimate of drug-likeness (QED) is 0.873. The Morgan fingerprint density at radius 1 is 1.32 bits per heavy atom. The molecule has 0 saturated carbocycles. The average molecular weight is 324 g/mol. The van der Waals surface area contributed by atoms with Crippen LogP contribution in [0.15, 0.2) is 33.9 Å². The molecule has 0 atom stereocenters. The number of nitrogens with zero attached hydrogens (tertiary/aromatic N) is 2. The molecule has 0 fully saturated rings. The fraction of sp³-hybridized carbons (Fsp3) is 0.214. The molecule has 2 rings (SSSR count). The van der Waals surface area contributed by atoms with Gasteiger partial charge in [0.05, 0.1) is 16.3 Å². The maximum absolute atomic E-state index is 12.6. The van der Waals surface area contributed by atoms with Crippen LogP contribution in [-0.2, 0) is 6.54 Å². The number of aromatic carboxylic acids is 1. The zero-order chi connectivity index (χ0) is 16.4. The summed E-state index contributed by atoms with van der Waals surface area (Å²) in [6.07, 6.45) is 0. The SMILES string of the molecule is CN(C)Cc1c(C(=O)O)[nH]c(=O)n(-c2ccccc2Cl)c1=O. The van der Waals surface area contributed by atoms with Crippen molar-refractivity contribution < 1.29 is 9.90 Å². The summed E-state index contributed by atoms with van der Waals surface area (Å²) < 4.78 is 0.841. The predicted octanol–water partition coefficient (Wildman–Crippen LogP) is 0.939. The molecule has 0 aliphatic rings. The van der Waals surface area contributed by atoms with Crippen LogP contribution in [-0.4, -0.2) is 39.6 Å². The zero-order valence-corrected chi connectivity index (χ0v) is 12.7. The molecule has 0 unspecified atom stereocenters. The number of hydrogen-bond donors (Lipinski definition) is 2. The van der Waals surface area contributed by atoms with Crippen molar-refractivity contribution >= 4 is 17.6 Å². The van der Waals surface area contributed by atoms with Crippen LogP contribution in [0.5, 0.6) is 0 Å². The topological polar surface area (TPSA) is 95.4 Å². The van der Waals surface area contributed by atoms with Crippen LogP contribution in [0.3, 0.4) is 0 Å². The lowest BCUT2D eigenvalue weighted by molar-refractivity contribution is 0.0687. The fourth-order valence-electron chi connectivity index (χ4n) is 2.07. The van der Waals surface area contributed by atoms with Crippen molar-refractivity contribution in [3.05, 3.63) is 61.4 Å². The summed E-state index contributed by atoms with van der Waals surface area (Å²) in [5.41, 5.74) is -1.78. The average Bonchev–Trinajstić information content (AvgIpc) is 2.43. The number of carboxylic acid groups (broad SMARTS) is 1.